The first-order valence-corrected chi connectivity index (χ1v) is 4.73. The molecule has 0 unspecified atom stereocenters. The maximum absolute atomic E-state index is 4.13. The Morgan fingerprint density at radius 3 is 2.92 bits per heavy atom. The van der Waals surface area contributed by atoms with Crippen molar-refractivity contribution in [2.75, 3.05) is 13.6 Å². The van der Waals surface area contributed by atoms with Gasteiger partial charge in [-0.05, 0) is 7.05 Å². The number of nitrogens with zero attached hydrogens (tertiary/aromatic N) is 4. The highest BCUT2D eigenvalue weighted by Crippen LogP contribution is 2.05. The molecule has 0 saturated heterocycles. The van der Waals surface area contributed by atoms with Gasteiger partial charge in [0.1, 0.15) is 12.2 Å². The fraction of sp³-hybridized carbons (Fsp3) is 0.500. The van der Waals surface area contributed by atoms with Gasteiger partial charge in [0.2, 0.25) is 0 Å². The molecule has 0 atom stereocenters. The normalized spacial score (nSPS) is 10.8. The number of hydrogen-bond acceptors (Lipinski definition) is 3. The van der Waals surface area contributed by atoms with Gasteiger partial charge in [-0.25, -0.2) is 4.98 Å². The van der Waals surface area contributed by atoms with Crippen LogP contribution >= 0.6 is 15.9 Å². The van der Waals surface area contributed by atoms with Crippen LogP contribution in [0.3, 0.4) is 0 Å². The Kier molecular flexibility index (Phi) is 3.62. The predicted octanol–water partition coefficient (Wildman–Crippen LogP) is 1.16. The van der Waals surface area contributed by atoms with Crippen LogP contribution in [0.5, 0.6) is 0 Å². The van der Waals surface area contributed by atoms with Gasteiger partial charge in [-0.1, -0.05) is 22.5 Å². The zero-order valence-corrected chi connectivity index (χ0v) is 9.45. The number of likely N-dealkylation sites (N-methyl/N-ethyl adjacent to an activating group) is 1. The summed E-state index contributed by atoms with van der Waals surface area (Å²) in [5, 5.41) is 3.99. The van der Waals surface area contributed by atoms with Crippen molar-refractivity contribution in [3.05, 3.63) is 23.2 Å². The monoisotopic (exact) mass is 244 g/mol. The summed E-state index contributed by atoms with van der Waals surface area (Å²) in [6.07, 6.45) is 1.56. The van der Waals surface area contributed by atoms with Crippen molar-refractivity contribution in [1.29, 1.82) is 0 Å². The summed E-state index contributed by atoms with van der Waals surface area (Å²) in [6, 6.07) is 0. The zero-order valence-electron chi connectivity index (χ0n) is 7.87. The molecule has 0 aliphatic carbocycles. The first kappa shape index (κ1) is 10.4. The van der Waals surface area contributed by atoms with Gasteiger partial charge in [-0.2, -0.15) is 5.10 Å². The van der Waals surface area contributed by atoms with Crippen LogP contribution in [0, 0.1) is 0 Å². The lowest BCUT2D eigenvalue weighted by Gasteiger charge is -2.14. The molecule has 0 spiro atoms. The molecule has 0 aliphatic heterocycles. The molecule has 4 nitrogen and oxygen atoms in total. The number of rotatable bonds is 4. The highest BCUT2D eigenvalue weighted by molar-refractivity contribution is 9.11. The molecule has 5 heteroatoms. The second-order valence-corrected chi connectivity index (χ2v) is 4.11. The van der Waals surface area contributed by atoms with Gasteiger partial charge in [-0.15, -0.1) is 0 Å². The van der Waals surface area contributed by atoms with Crippen LogP contribution in [0.1, 0.15) is 5.82 Å². The smallest absolute Gasteiger partial charge is 0.140 e. The van der Waals surface area contributed by atoms with Crippen molar-refractivity contribution in [2.24, 2.45) is 7.05 Å². The van der Waals surface area contributed by atoms with Crippen LogP contribution in [0.25, 0.3) is 0 Å². The van der Waals surface area contributed by atoms with Gasteiger partial charge >= 0.3 is 0 Å². The summed E-state index contributed by atoms with van der Waals surface area (Å²) in [5.74, 6) is 0.955. The third-order valence-corrected chi connectivity index (χ3v) is 1.91. The Morgan fingerprint density at radius 1 is 1.77 bits per heavy atom. The quantitative estimate of drug-likeness (QED) is 0.798. The predicted molar refractivity (Wildman–Crippen MR) is 55.4 cm³/mol. The third kappa shape index (κ3) is 3.28. The number of aryl methyl sites for hydroxylation is 1. The molecule has 0 saturated carbocycles. The molecule has 13 heavy (non-hydrogen) atoms. The fourth-order valence-corrected chi connectivity index (χ4v) is 1.48. The molecule has 0 N–H and O–H groups in total. The molecule has 1 aromatic rings. The van der Waals surface area contributed by atoms with E-state index >= 15 is 0 Å². The molecule has 1 heterocycles. The van der Waals surface area contributed by atoms with E-state index < -0.39 is 0 Å². The van der Waals surface area contributed by atoms with Gasteiger partial charge < -0.3 is 0 Å². The third-order valence-electron chi connectivity index (χ3n) is 1.66. The van der Waals surface area contributed by atoms with Crippen LogP contribution in [-0.4, -0.2) is 33.3 Å². The molecular weight excluding hydrogens is 232 g/mol. The summed E-state index contributed by atoms with van der Waals surface area (Å²) in [7, 11) is 3.90. The Balaban J connectivity index is 2.49. The van der Waals surface area contributed by atoms with Gasteiger partial charge in [0, 0.05) is 18.1 Å². The second-order valence-electron chi connectivity index (χ2n) is 2.99. The van der Waals surface area contributed by atoms with E-state index in [2.05, 4.69) is 37.5 Å². The van der Waals surface area contributed by atoms with Crippen molar-refractivity contribution in [2.45, 2.75) is 6.54 Å². The molecule has 0 radical (unpaired) electrons. The average Bonchev–Trinajstić information content (AvgIpc) is 2.34. The molecule has 0 fully saturated rings. The van der Waals surface area contributed by atoms with E-state index in [9.17, 15) is 0 Å². The minimum Gasteiger partial charge on any atom is -0.294 e. The molecule has 1 aromatic heterocycles. The van der Waals surface area contributed by atoms with Crippen molar-refractivity contribution in [3.63, 3.8) is 0 Å². The Bertz CT molecular complexity index is 294. The molecule has 0 amide bonds. The maximum Gasteiger partial charge on any atom is 0.140 e. The van der Waals surface area contributed by atoms with E-state index in [-0.39, 0.29) is 0 Å². The van der Waals surface area contributed by atoms with E-state index in [1.54, 1.807) is 11.0 Å². The number of halogens is 1. The van der Waals surface area contributed by atoms with Gasteiger partial charge in [0.15, 0.2) is 0 Å². The Morgan fingerprint density at radius 2 is 2.46 bits per heavy atom. The highest BCUT2D eigenvalue weighted by Gasteiger charge is 2.04. The SMILES string of the molecule is C=C(Br)CN(C)Cc1ncnn1C. The standard InChI is InChI=1S/C8H13BrN4/c1-7(9)4-12(2)5-8-10-6-11-13(8)3/h6H,1,4-5H2,2-3H3. The van der Waals surface area contributed by atoms with Gasteiger partial charge in [-0.3, -0.25) is 9.58 Å². The molecule has 1 rings (SSSR count). The lowest BCUT2D eigenvalue weighted by molar-refractivity contribution is 0.345. The summed E-state index contributed by atoms with van der Waals surface area (Å²) in [6.45, 7) is 5.37. The minimum absolute atomic E-state index is 0.779. The summed E-state index contributed by atoms with van der Waals surface area (Å²) < 4.78 is 2.74. The van der Waals surface area contributed by atoms with E-state index in [0.717, 1.165) is 23.4 Å². The molecule has 0 aliphatic rings. The first-order valence-electron chi connectivity index (χ1n) is 3.94. The summed E-state index contributed by atoms with van der Waals surface area (Å²) >= 11 is 3.32. The topological polar surface area (TPSA) is 34.0 Å². The molecular formula is C8H13BrN4. The van der Waals surface area contributed by atoms with Crippen LogP contribution in [-0.2, 0) is 13.6 Å². The van der Waals surface area contributed by atoms with Crippen molar-refractivity contribution < 1.29 is 0 Å². The van der Waals surface area contributed by atoms with E-state index in [1.165, 1.54) is 0 Å². The second kappa shape index (κ2) is 4.53. The zero-order chi connectivity index (χ0) is 9.84. The summed E-state index contributed by atoms with van der Waals surface area (Å²) in [4.78, 5) is 6.24. The van der Waals surface area contributed by atoms with Crippen LogP contribution in [0.2, 0.25) is 0 Å². The molecule has 0 bridgehead atoms. The highest BCUT2D eigenvalue weighted by atomic mass is 79.9. The van der Waals surface area contributed by atoms with Crippen molar-refractivity contribution in [3.8, 4) is 0 Å². The van der Waals surface area contributed by atoms with E-state index in [0.29, 0.717) is 0 Å². The largest absolute Gasteiger partial charge is 0.294 e. The molecule has 0 aromatic carbocycles. The van der Waals surface area contributed by atoms with Crippen LogP contribution < -0.4 is 0 Å². The Hall–Kier alpha value is -0.680. The summed E-state index contributed by atoms with van der Waals surface area (Å²) in [5.41, 5.74) is 0. The lowest BCUT2D eigenvalue weighted by atomic mass is 10.5. The molecule has 72 valence electrons. The van der Waals surface area contributed by atoms with E-state index in [4.69, 9.17) is 0 Å². The first-order chi connectivity index (χ1) is 6.09. The number of aromatic nitrogens is 3. The van der Waals surface area contributed by atoms with Crippen LogP contribution in [0.15, 0.2) is 17.4 Å². The van der Waals surface area contributed by atoms with Gasteiger partial charge in [0.25, 0.3) is 0 Å². The average molecular weight is 245 g/mol. The van der Waals surface area contributed by atoms with Crippen LogP contribution in [0.4, 0.5) is 0 Å². The van der Waals surface area contributed by atoms with Crippen molar-refractivity contribution >= 4 is 15.9 Å². The maximum atomic E-state index is 4.13. The fourth-order valence-electron chi connectivity index (χ4n) is 1.05. The minimum atomic E-state index is 0.779. The van der Waals surface area contributed by atoms with Crippen molar-refractivity contribution in [1.82, 2.24) is 19.7 Å². The Labute approximate surface area is 86.4 Å². The number of hydrogen-bond donors (Lipinski definition) is 0. The lowest BCUT2D eigenvalue weighted by Crippen LogP contribution is -2.21. The van der Waals surface area contributed by atoms with Gasteiger partial charge in [0.05, 0.1) is 6.54 Å². The van der Waals surface area contributed by atoms with E-state index in [1.807, 2.05) is 14.1 Å².